The van der Waals surface area contributed by atoms with Crippen molar-refractivity contribution in [2.75, 3.05) is 42.1 Å². The van der Waals surface area contributed by atoms with Crippen LogP contribution in [-0.2, 0) is 11.8 Å². The Balaban J connectivity index is 1.27. The number of piperazine rings is 1. The number of rotatable bonds is 6. The number of aromatic nitrogens is 4. The fourth-order valence-corrected chi connectivity index (χ4v) is 3.98. The summed E-state index contributed by atoms with van der Waals surface area (Å²) in [6.45, 7) is 2.79. The van der Waals surface area contributed by atoms with Gasteiger partial charge in [0, 0.05) is 50.7 Å². The first-order valence-corrected chi connectivity index (χ1v) is 10.9. The molecule has 0 radical (unpaired) electrons. The van der Waals surface area contributed by atoms with Crippen LogP contribution in [0.5, 0.6) is 0 Å². The van der Waals surface area contributed by atoms with Gasteiger partial charge < -0.3 is 19.7 Å². The smallest absolute Gasteiger partial charge is 0.253 e. The first-order chi connectivity index (χ1) is 15.1. The molecule has 1 aromatic carbocycles. The van der Waals surface area contributed by atoms with Crippen LogP contribution < -0.4 is 10.2 Å². The summed E-state index contributed by atoms with van der Waals surface area (Å²) in [4.78, 5) is 33.4. The molecule has 2 amide bonds. The monoisotopic (exact) mass is 437 g/mol. The van der Waals surface area contributed by atoms with E-state index in [0.29, 0.717) is 29.5 Å². The molecule has 0 saturated carbocycles. The summed E-state index contributed by atoms with van der Waals surface area (Å²) in [5, 5.41) is 11.2. The summed E-state index contributed by atoms with van der Waals surface area (Å²) in [5.41, 5.74) is 1.26. The zero-order chi connectivity index (χ0) is 21.6. The molecular formula is C21H23N7O2S. The molecule has 0 bridgehead atoms. The predicted octanol–water partition coefficient (Wildman–Crippen LogP) is 1.90. The van der Waals surface area contributed by atoms with Crippen LogP contribution in [0.3, 0.4) is 0 Å². The number of carbonyl (C=O) groups excluding carboxylic acids is 2. The number of nitrogens with one attached hydrogen (secondary N) is 1. The SMILES string of the molecule is Cn1cnnc1SCC(=O)Nc1ccc(C(=O)N2CCN(c3ccccn3)CC2)cc1. The van der Waals surface area contributed by atoms with Crippen molar-refractivity contribution in [2.24, 2.45) is 7.05 Å². The Kier molecular flexibility index (Phi) is 6.46. The quantitative estimate of drug-likeness (QED) is 0.589. The van der Waals surface area contributed by atoms with E-state index in [-0.39, 0.29) is 17.6 Å². The molecule has 1 fully saturated rings. The van der Waals surface area contributed by atoms with E-state index in [1.54, 1.807) is 41.4 Å². The highest BCUT2D eigenvalue weighted by atomic mass is 32.2. The molecular weight excluding hydrogens is 414 g/mol. The van der Waals surface area contributed by atoms with Crippen molar-refractivity contribution >= 4 is 35.1 Å². The van der Waals surface area contributed by atoms with E-state index in [4.69, 9.17) is 0 Å². The van der Waals surface area contributed by atoms with E-state index in [9.17, 15) is 9.59 Å². The van der Waals surface area contributed by atoms with Gasteiger partial charge in [-0.05, 0) is 36.4 Å². The lowest BCUT2D eigenvalue weighted by atomic mass is 10.1. The second-order valence-corrected chi connectivity index (χ2v) is 8.05. The van der Waals surface area contributed by atoms with Crippen LogP contribution in [0.4, 0.5) is 11.5 Å². The second-order valence-electron chi connectivity index (χ2n) is 7.11. The fourth-order valence-electron chi connectivity index (χ4n) is 3.29. The van der Waals surface area contributed by atoms with Gasteiger partial charge in [0.05, 0.1) is 5.75 Å². The average Bonchev–Trinajstić information content (AvgIpc) is 3.23. The van der Waals surface area contributed by atoms with Crippen LogP contribution >= 0.6 is 11.8 Å². The van der Waals surface area contributed by atoms with Gasteiger partial charge in [-0.1, -0.05) is 17.8 Å². The van der Waals surface area contributed by atoms with Crippen LogP contribution in [0.25, 0.3) is 0 Å². The minimum atomic E-state index is -0.141. The molecule has 0 atom stereocenters. The Hall–Kier alpha value is -3.40. The summed E-state index contributed by atoms with van der Waals surface area (Å²) in [6, 6.07) is 12.8. The van der Waals surface area contributed by atoms with Crippen molar-refractivity contribution in [2.45, 2.75) is 5.16 Å². The van der Waals surface area contributed by atoms with Gasteiger partial charge in [0.1, 0.15) is 12.1 Å². The Bertz CT molecular complexity index is 1030. The van der Waals surface area contributed by atoms with E-state index >= 15 is 0 Å². The fraction of sp³-hybridized carbons (Fsp3) is 0.286. The summed E-state index contributed by atoms with van der Waals surface area (Å²) in [6.07, 6.45) is 3.37. The third kappa shape index (κ3) is 5.21. The molecule has 1 aliphatic heterocycles. The van der Waals surface area contributed by atoms with E-state index in [1.807, 2.05) is 30.1 Å². The molecule has 4 rings (SSSR count). The molecule has 0 aliphatic carbocycles. The number of carbonyl (C=O) groups is 2. The van der Waals surface area contributed by atoms with Crippen molar-refractivity contribution in [3.8, 4) is 0 Å². The van der Waals surface area contributed by atoms with Gasteiger partial charge in [0.25, 0.3) is 5.91 Å². The van der Waals surface area contributed by atoms with Crippen molar-refractivity contribution in [3.05, 3.63) is 60.6 Å². The molecule has 2 aromatic heterocycles. The number of benzene rings is 1. The largest absolute Gasteiger partial charge is 0.353 e. The van der Waals surface area contributed by atoms with Crippen LogP contribution in [0.2, 0.25) is 0 Å². The van der Waals surface area contributed by atoms with E-state index in [0.717, 1.165) is 18.9 Å². The van der Waals surface area contributed by atoms with Gasteiger partial charge in [0.15, 0.2) is 5.16 Å². The highest BCUT2D eigenvalue weighted by Gasteiger charge is 2.22. The zero-order valence-corrected chi connectivity index (χ0v) is 18.0. The molecule has 10 heteroatoms. The summed E-state index contributed by atoms with van der Waals surface area (Å²) in [5.74, 6) is 1.02. The number of aryl methyl sites for hydroxylation is 1. The van der Waals surface area contributed by atoms with E-state index in [2.05, 4.69) is 25.4 Å². The van der Waals surface area contributed by atoms with Gasteiger partial charge in [0.2, 0.25) is 5.91 Å². The van der Waals surface area contributed by atoms with Crippen LogP contribution in [0, 0.1) is 0 Å². The second kappa shape index (κ2) is 9.61. The normalized spacial score (nSPS) is 13.8. The first-order valence-electron chi connectivity index (χ1n) is 9.92. The third-order valence-electron chi connectivity index (χ3n) is 4.96. The van der Waals surface area contributed by atoms with E-state index in [1.165, 1.54) is 11.8 Å². The van der Waals surface area contributed by atoms with Crippen molar-refractivity contribution < 1.29 is 9.59 Å². The number of thioether (sulfide) groups is 1. The van der Waals surface area contributed by atoms with Gasteiger partial charge in [-0.15, -0.1) is 10.2 Å². The number of nitrogens with zero attached hydrogens (tertiary/aromatic N) is 6. The molecule has 31 heavy (non-hydrogen) atoms. The first kappa shape index (κ1) is 20.9. The molecule has 1 N–H and O–H groups in total. The van der Waals surface area contributed by atoms with Gasteiger partial charge >= 0.3 is 0 Å². The Morgan fingerprint density at radius 2 is 1.84 bits per heavy atom. The molecule has 160 valence electrons. The summed E-state index contributed by atoms with van der Waals surface area (Å²) < 4.78 is 1.76. The number of hydrogen-bond acceptors (Lipinski definition) is 7. The van der Waals surface area contributed by atoms with Crippen LogP contribution in [-0.4, -0.2) is 68.4 Å². The maximum atomic E-state index is 12.8. The van der Waals surface area contributed by atoms with Gasteiger partial charge in [-0.25, -0.2) is 4.98 Å². The lowest BCUT2D eigenvalue weighted by Crippen LogP contribution is -2.49. The van der Waals surface area contributed by atoms with Crippen LogP contribution in [0.1, 0.15) is 10.4 Å². The summed E-state index contributed by atoms with van der Waals surface area (Å²) in [7, 11) is 1.83. The topological polar surface area (TPSA) is 96.2 Å². The minimum Gasteiger partial charge on any atom is -0.353 e. The molecule has 1 aliphatic rings. The number of hydrogen-bond donors (Lipinski definition) is 1. The van der Waals surface area contributed by atoms with Crippen molar-refractivity contribution in [1.82, 2.24) is 24.6 Å². The molecule has 0 spiro atoms. The highest BCUT2D eigenvalue weighted by molar-refractivity contribution is 7.99. The lowest BCUT2D eigenvalue weighted by Gasteiger charge is -2.35. The molecule has 3 heterocycles. The Morgan fingerprint density at radius 1 is 1.06 bits per heavy atom. The minimum absolute atomic E-state index is 0.00335. The molecule has 1 saturated heterocycles. The maximum Gasteiger partial charge on any atom is 0.253 e. The van der Waals surface area contributed by atoms with Gasteiger partial charge in [-0.3, -0.25) is 9.59 Å². The maximum absolute atomic E-state index is 12.8. The predicted molar refractivity (Wildman–Crippen MR) is 119 cm³/mol. The van der Waals surface area contributed by atoms with Gasteiger partial charge in [-0.2, -0.15) is 0 Å². The molecule has 0 unspecified atom stereocenters. The highest BCUT2D eigenvalue weighted by Crippen LogP contribution is 2.17. The summed E-state index contributed by atoms with van der Waals surface area (Å²) >= 11 is 1.31. The number of amides is 2. The molecule has 3 aromatic rings. The number of anilines is 2. The zero-order valence-electron chi connectivity index (χ0n) is 17.1. The van der Waals surface area contributed by atoms with Crippen molar-refractivity contribution in [3.63, 3.8) is 0 Å². The van der Waals surface area contributed by atoms with E-state index < -0.39 is 0 Å². The average molecular weight is 438 g/mol. The Morgan fingerprint density at radius 3 is 2.48 bits per heavy atom. The Labute approximate surface area is 184 Å². The lowest BCUT2D eigenvalue weighted by molar-refractivity contribution is -0.113. The molecule has 9 nitrogen and oxygen atoms in total. The third-order valence-corrected chi connectivity index (χ3v) is 5.99. The van der Waals surface area contributed by atoms with Crippen LogP contribution in [0.15, 0.2) is 60.1 Å². The standard InChI is InChI=1S/C21H23N7O2S/c1-26-15-23-25-21(26)31-14-19(29)24-17-7-5-16(6-8-17)20(30)28-12-10-27(11-13-28)18-4-2-3-9-22-18/h2-9,15H,10-14H2,1H3,(H,24,29). The number of pyridine rings is 1. The van der Waals surface area contributed by atoms with Crippen molar-refractivity contribution in [1.29, 1.82) is 0 Å².